The summed E-state index contributed by atoms with van der Waals surface area (Å²) in [7, 11) is 0. The minimum atomic E-state index is -0.920. The SMILES string of the molecule is N=C(Cl)C(=O)Cl. The zero-order valence-corrected chi connectivity index (χ0v) is 4.18. The molecule has 0 aromatic heterocycles. The summed E-state index contributed by atoms with van der Waals surface area (Å²) < 4.78 is 0. The number of nitrogens with one attached hydrogen (secondary N) is 1. The van der Waals surface area contributed by atoms with Crippen LogP contribution in [0.1, 0.15) is 0 Å². The molecule has 0 radical (unpaired) electrons. The highest BCUT2D eigenvalue weighted by Gasteiger charge is 1.96. The summed E-state index contributed by atoms with van der Waals surface area (Å²) in [5.74, 6) is 0. The van der Waals surface area contributed by atoms with Crippen LogP contribution in [0.2, 0.25) is 0 Å². The van der Waals surface area contributed by atoms with E-state index < -0.39 is 10.4 Å². The lowest BCUT2D eigenvalue weighted by molar-refractivity contribution is -0.106. The highest BCUT2D eigenvalue weighted by Crippen LogP contribution is 1.85. The van der Waals surface area contributed by atoms with E-state index in [2.05, 4.69) is 11.6 Å². The number of carbonyl (C=O) groups excluding carboxylic acids is 1. The summed E-state index contributed by atoms with van der Waals surface area (Å²) in [5, 5.41) is 4.67. The first-order chi connectivity index (χ1) is 2.64. The van der Waals surface area contributed by atoms with E-state index in [0.29, 0.717) is 0 Å². The highest BCUT2D eigenvalue weighted by molar-refractivity contribution is 6.98. The summed E-state index contributed by atoms with van der Waals surface area (Å²) in [6, 6.07) is 0. The molecule has 0 aliphatic rings. The Morgan fingerprint density at radius 2 is 1.67 bits per heavy atom. The molecule has 34 valence electrons. The van der Waals surface area contributed by atoms with Crippen molar-refractivity contribution in [3.05, 3.63) is 0 Å². The molecule has 1 N–H and O–H groups in total. The molecule has 0 aromatic rings. The summed E-state index contributed by atoms with van der Waals surface area (Å²) >= 11 is 9.33. The van der Waals surface area contributed by atoms with Crippen molar-refractivity contribution in [1.82, 2.24) is 0 Å². The Bertz CT molecular complexity index is 77.5. The van der Waals surface area contributed by atoms with Crippen LogP contribution in [0, 0.1) is 5.41 Å². The molecule has 0 fully saturated rings. The molecule has 0 rings (SSSR count). The number of halogens is 2. The molecular formula is C2HCl2NO. The van der Waals surface area contributed by atoms with Gasteiger partial charge >= 0.3 is 0 Å². The van der Waals surface area contributed by atoms with Crippen LogP contribution in [0.4, 0.5) is 0 Å². The highest BCUT2D eigenvalue weighted by atomic mass is 35.5. The number of carbonyl (C=O) groups is 1. The lowest BCUT2D eigenvalue weighted by Crippen LogP contribution is -1.93. The van der Waals surface area contributed by atoms with E-state index in [1.807, 2.05) is 0 Å². The van der Waals surface area contributed by atoms with Crippen molar-refractivity contribution in [3.63, 3.8) is 0 Å². The smallest absolute Gasteiger partial charge is 0.281 e. The molecule has 0 saturated heterocycles. The fourth-order valence-corrected chi connectivity index (χ4v) is 0. The second-order valence-electron chi connectivity index (χ2n) is 0.588. The van der Waals surface area contributed by atoms with Crippen LogP contribution in [0.25, 0.3) is 0 Å². The van der Waals surface area contributed by atoms with Gasteiger partial charge in [0.15, 0.2) is 5.17 Å². The van der Waals surface area contributed by atoms with Gasteiger partial charge in [-0.3, -0.25) is 10.2 Å². The molecule has 0 aromatic carbocycles. The van der Waals surface area contributed by atoms with E-state index in [-0.39, 0.29) is 0 Å². The Balaban J connectivity index is 3.57. The Morgan fingerprint density at radius 3 is 1.67 bits per heavy atom. The van der Waals surface area contributed by atoms with E-state index in [1.165, 1.54) is 0 Å². The van der Waals surface area contributed by atoms with E-state index in [9.17, 15) is 4.79 Å². The van der Waals surface area contributed by atoms with Crippen molar-refractivity contribution >= 4 is 33.6 Å². The molecule has 0 bridgehead atoms. The van der Waals surface area contributed by atoms with E-state index >= 15 is 0 Å². The zero-order valence-electron chi connectivity index (χ0n) is 2.66. The standard InChI is InChI=1S/C2HCl2NO/c3-1(5)2(4)6/h5H. The number of rotatable bonds is 1. The topological polar surface area (TPSA) is 40.9 Å². The molecule has 0 atom stereocenters. The van der Waals surface area contributed by atoms with Crippen molar-refractivity contribution < 1.29 is 4.79 Å². The van der Waals surface area contributed by atoms with Crippen LogP contribution in [-0.4, -0.2) is 10.4 Å². The monoisotopic (exact) mass is 125 g/mol. The maximum Gasteiger partial charge on any atom is 0.281 e. The van der Waals surface area contributed by atoms with Crippen molar-refractivity contribution in [3.8, 4) is 0 Å². The second kappa shape index (κ2) is 2.16. The lowest BCUT2D eigenvalue weighted by atomic mass is 10.8. The zero-order chi connectivity index (χ0) is 5.15. The van der Waals surface area contributed by atoms with E-state index in [1.54, 1.807) is 0 Å². The van der Waals surface area contributed by atoms with Crippen molar-refractivity contribution in [2.24, 2.45) is 0 Å². The van der Waals surface area contributed by atoms with E-state index in [4.69, 9.17) is 17.0 Å². The molecule has 4 heteroatoms. The van der Waals surface area contributed by atoms with Gasteiger partial charge < -0.3 is 0 Å². The number of hydrogen-bond acceptors (Lipinski definition) is 2. The van der Waals surface area contributed by atoms with Gasteiger partial charge in [0.25, 0.3) is 5.24 Å². The molecular weight excluding hydrogens is 125 g/mol. The van der Waals surface area contributed by atoms with Gasteiger partial charge in [0.2, 0.25) is 0 Å². The van der Waals surface area contributed by atoms with Crippen LogP contribution in [-0.2, 0) is 4.79 Å². The first kappa shape index (κ1) is 5.92. The molecule has 0 saturated carbocycles. The van der Waals surface area contributed by atoms with Gasteiger partial charge in [-0.05, 0) is 11.6 Å². The summed E-state index contributed by atoms with van der Waals surface area (Å²) in [4.78, 5) is 9.55. The van der Waals surface area contributed by atoms with Gasteiger partial charge in [-0.2, -0.15) is 0 Å². The normalized spacial score (nSPS) is 7.67. The van der Waals surface area contributed by atoms with Gasteiger partial charge in [-0.1, -0.05) is 11.6 Å². The molecule has 0 amide bonds. The molecule has 0 heterocycles. The lowest BCUT2D eigenvalue weighted by Gasteiger charge is -1.72. The van der Waals surface area contributed by atoms with Gasteiger partial charge in [0.05, 0.1) is 0 Å². The Kier molecular flexibility index (Phi) is 2.13. The third-order valence-electron chi connectivity index (χ3n) is 0.173. The fraction of sp³-hybridized carbons (Fsp3) is 0. The van der Waals surface area contributed by atoms with Crippen molar-refractivity contribution in [2.45, 2.75) is 0 Å². The fourth-order valence-electron chi connectivity index (χ4n) is 0. The quantitative estimate of drug-likeness (QED) is 0.412. The van der Waals surface area contributed by atoms with Gasteiger partial charge in [0.1, 0.15) is 0 Å². The average Bonchev–Trinajstić information content (AvgIpc) is 1.36. The third kappa shape index (κ3) is 2.18. The Morgan fingerprint density at radius 1 is 1.50 bits per heavy atom. The first-order valence-corrected chi connectivity index (χ1v) is 1.84. The maximum absolute atomic E-state index is 9.55. The molecule has 0 spiro atoms. The van der Waals surface area contributed by atoms with Crippen LogP contribution < -0.4 is 0 Å². The predicted molar refractivity (Wildman–Crippen MR) is 24.4 cm³/mol. The minimum Gasteiger partial charge on any atom is -0.285 e. The Hall–Kier alpha value is -0.0800. The molecule has 0 aliphatic heterocycles. The second-order valence-corrected chi connectivity index (χ2v) is 1.31. The van der Waals surface area contributed by atoms with Gasteiger partial charge in [0, 0.05) is 0 Å². The van der Waals surface area contributed by atoms with E-state index in [0.717, 1.165) is 0 Å². The molecule has 0 aliphatic carbocycles. The van der Waals surface area contributed by atoms with Crippen LogP contribution in [0.15, 0.2) is 0 Å². The molecule has 6 heavy (non-hydrogen) atoms. The average molecular weight is 126 g/mol. The minimum absolute atomic E-state index is 0.642. The predicted octanol–water partition coefficient (Wildman–Crippen LogP) is 0.968. The van der Waals surface area contributed by atoms with Crippen LogP contribution in [0.3, 0.4) is 0 Å². The largest absolute Gasteiger partial charge is 0.285 e. The third-order valence-corrected chi connectivity index (χ3v) is 0.630. The molecule has 2 nitrogen and oxygen atoms in total. The van der Waals surface area contributed by atoms with Crippen LogP contribution in [0.5, 0.6) is 0 Å². The van der Waals surface area contributed by atoms with Crippen molar-refractivity contribution in [1.29, 1.82) is 5.41 Å². The van der Waals surface area contributed by atoms with Crippen molar-refractivity contribution in [2.75, 3.05) is 0 Å². The Labute approximate surface area is 44.6 Å². The summed E-state index contributed by atoms with van der Waals surface area (Å²) in [6.07, 6.45) is 0. The van der Waals surface area contributed by atoms with Gasteiger partial charge in [-0.15, -0.1) is 0 Å². The summed E-state index contributed by atoms with van der Waals surface area (Å²) in [6.45, 7) is 0. The maximum atomic E-state index is 9.55. The number of hydrogen-bond donors (Lipinski definition) is 1. The van der Waals surface area contributed by atoms with Gasteiger partial charge in [-0.25, -0.2) is 0 Å². The summed E-state index contributed by atoms with van der Waals surface area (Å²) in [5.41, 5.74) is 0. The van der Waals surface area contributed by atoms with Crippen LogP contribution >= 0.6 is 23.2 Å². The molecule has 0 unspecified atom stereocenters. The first-order valence-electron chi connectivity index (χ1n) is 1.08.